The van der Waals surface area contributed by atoms with E-state index in [0.717, 1.165) is 0 Å². The fourth-order valence-corrected chi connectivity index (χ4v) is 1.67. The number of carbonyl (C=O) groups excluding carboxylic acids is 1. The second kappa shape index (κ2) is 6.05. The predicted octanol–water partition coefficient (Wildman–Crippen LogP) is 2.27. The molecule has 0 radical (unpaired) electrons. The zero-order valence-corrected chi connectivity index (χ0v) is 12.3. The fraction of sp³-hybridized carbons (Fsp3) is 0.467. The standard InChI is InChI=1S/C15H21NO4/c1-14(2,3)20-16-12(17)10-15(4,13(18)19)11-8-6-5-7-9-11/h5-9H,10H2,1-4H3,(H,16,17)(H,18,19). The summed E-state index contributed by atoms with van der Waals surface area (Å²) in [4.78, 5) is 28.6. The van der Waals surface area contributed by atoms with Crippen LogP contribution < -0.4 is 5.48 Å². The Morgan fingerprint density at radius 1 is 1.15 bits per heavy atom. The van der Waals surface area contributed by atoms with E-state index >= 15 is 0 Å². The largest absolute Gasteiger partial charge is 0.481 e. The molecule has 0 fully saturated rings. The maximum absolute atomic E-state index is 11.9. The van der Waals surface area contributed by atoms with Crippen LogP contribution in [0.25, 0.3) is 0 Å². The molecule has 0 aromatic heterocycles. The van der Waals surface area contributed by atoms with E-state index in [2.05, 4.69) is 5.48 Å². The van der Waals surface area contributed by atoms with Gasteiger partial charge < -0.3 is 5.11 Å². The van der Waals surface area contributed by atoms with E-state index in [-0.39, 0.29) is 6.42 Å². The van der Waals surface area contributed by atoms with Crippen molar-refractivity contribution in [2.75, 3.05) is 0 Å². The van der Waals surface area contributed by atoms with Crippen molar-refractivity contribution in [3.63, 3.8) is 0 Å². The molecule has 0 aliphatic carbocycles. The number of nitrogens with one attached hydrogen (secondary N) is 1. The van der Waals surface area contributed by atoms with Gasteiger partial charge in [0.15, 0.2) is 0 Å². The molecule has 5 heteroatoms. The van der Waals surface area contributed by atoms with Crippen LogP contribution in [-0.2, 0) is 19.8 Å². The van der Waals surface area contributed by atoms with Crippen molar-refractivity contribution in [1.29, 1.82) is 0 Å². The lowest BCUT2D eigenvalue weighted by Gasteiger charge is -2.26. The highest BCUT2D eigenvalue weighted by Gasteiger charge is 2.37. The predicted molar refractivity (Wildman–Crippen MR) is 75.0 cm³/mol. The zero-order chi connectivity index (χ0) is 15.4. The van der Waals surface area contributed by atoms with Crippen LogP contribution in [0, 0.1) is 0 Å². The van der Waals surface area contributed by atoms with Crippen molar-refractivity contribution in [3.8, 4) is 0 Å². The number of carboxylic acids is 1. The summed E-state index contributed by atoms with van der Waals surface area (Å²) in [7, 11) is 0. The maximum Gasteiger partial charge on any atom is 0.314 e. The first-order chi connectivity index (χ1) is 9.15. The minimum Gasteiger partial charge on any atom is -0.481 e. The third-order valence-electron chi connectivity index (χ3n) is 2.87. The van der Waals surface area contributed by atoms with Crippen molar-refractivity contribution >= 4 is 11.9 Å². The van der Waals surface area contributed by atoms with Gasteiger partial charge >= 0.3 is 5.97 Å². The Hall–Kier alpha value is -1.88. The molecule has 5 nitrogen and oxygen atoms in total. The molecule has 1 atom stereocenters. The molecule has 0 spiro atoms. The molecule has 1 unspecified atom stereocenters. The number of benzene rings is 1. The Morgan fingerprint density at radius 3 is 2.15 bits per heavy atom. The van der Waals surface area contributed by atoms with Crippen molar-refractivity contribution in [2.45, 2.75) is 45.1 Å². The molecular weight excluding hydrogens is 258 g/mol. The summed E-state index contributed by atoms with van der Waals surface area (Å²) in [5.41, 5.74) is 1.07. The van der Waals surface area contributed by atoms with Crippen molar-refractivity contribution in [2.24, 2.45) is 0 Å². The molecule has 0 heterocycles. The molecule has 0 aliphatic rings. The average Bonchev–Trinajstić information content (AvgIpc) is 2.36. The summed E-state index contributed by atoms with van der Waals surface area (Å²) in [5, 5.41) is 9.44. The van der Waals surface area contributed by atoms with Gasteiger partial charge in [-0.3, -0.25) is 14.4 Å². The number of aliphatic carboxylic acids is 1. The highest BCUT2D eigenvalue weighted by molar-refractivity contribution is 5.88. The SMILES string of the molecule is CC(C)(C)ONC(=O)CC(C)(C(=O)O)c1ccccc1. The van der Waals surface area contributed by atoms with Crippen molar-refractivity contribution in [1.82, 2.24) is 5.48 Å². The van der Waals surface area contributed by atoms with Gasteiger partial charge in [0.2, 0.25) is 5.91 Å². The molecule has 20 heavy (non-hydrogen) atoms. The average molecular weight is 279 g/mol. The zero-order valence-electron chi connectivity index (χ0n) is 12.3. The molecule has 1 rings (SSSR count). The van der Waals surface area contributed by atoms with E-state index in [0.29, 0.717) is 5.56 Å². The van der Waals surface area contributed by atoms with Gasteiger partial charge in [-0.15, -0.1) is 0 Å². The molecule has 110 valence electrons. The van der Waals surface area contributed by atoms with E-state index in [9.17, 15) is 14.7 Å². The molecule has 0 aliphatic heterocycles. The molecular formula is C15H21NO4. The van der Waals surface area contributed by atoms with Gasteiger partial charge in [0.25, 0.3) is 0 Å². The lowest BCUT2D eigenvalue weighted by atomic mass is 9.79. The van der Waals surface area contributed by atoms with E-state index in [1.165, 1.54) is 6.92 Å². The molecule has 0 bridgehead atoms. The van der Waals surface area contributed by atoms with Gasteiger partial charge in [0.05, 0.1) is 11.0 Å². The van der Waals surface area contributed by atoms with Crippen LogP contribution in [0.5, 0.6) is 0 Å². The Bertz CT molecular complexity index is 478. The third kappa shape index (κ3) is 4.35. The summed E-state index contributed by atoms with van der Waals surface area (Å²) in [6.45, 7) is 6.91. The van der Waals surface area contributed by atoms with Crippen molar-refractivity contribution in [3.05, 3.63) is 35.9 Å². The van der Waals surface area contributed by atoms with Crippen LogP contribution in [0.4, 0.5) is 0 Å². The Balaban J connectivity index is 2.83. The van der Waals surface area contributed by atoms with Gasteiger partial charge in [-0.05, 0) is 33.3 Å². The molecule has 0 saturated heterocycles. The lowest BCUT2D eigenvalue weighted by molar-refractivity contribution is -0.153. The molecule has 2 N–H and O–H groups in total. The molecule has 1 aromatic carbocycles. The Kier molecular flexibility index (Phi) is 4.89. The summed E-state index contributed by atoms with van der Waals surface area (Å²) in [6, 6.07) is 8.70. The van der Waals surface area contributed by atoms with Crippen LogP contribution in [0.2, 0.25) is 0 Å². The Labute approximate surface area is 118 Å². The van der Waals surface area contributed by atoms with E-state index in [1.807, 2.05) is 0 Å². The summed E-state index contributed by atoms with van der Waals surface area (Å²) >= 11 is 0. The number of carboxylic acid groups (broad SMARTS) is 1. The van der Waals surface area contributed by atoms with Gasteiger partial charge in [0.1, 0.15) is 0 Å². The summed E-state index contributed by atoms with van der Waals surface area (Å²) in [6.07, 6.45) is -0.192. The van der Waals surface area contributed by atoms with E-state index < -0.39 is 22.9 Å². The molecule has 0 saturated carbocycles. The molecule has 1 amide bonds. The number of hydrogen-bond acceptors (Lipinski definition) is 3. The van der Waals surface area contributed by atoms with Crippen LogP contribution in [-0.4, -0.2) is 22.6 Å². The van der Waals surface area contributed by atoms with Gasteiger partial charge in [0, 0.05) is 6.42 Å². The fourth-order valence-electron chi connectivity index (χ4n) is 1.67. The van der Waals surface area contributed by atoms with E-state index in [4.69, 9.17) is 4.84 Å². The first kappa shape index (κ1) is 16.2. The minimum absolute atomic E-state index is 0.192. The second-order valence-electron chi connectivity index (χ2n) is 5.92. The third-order valence-corrected chi connectivity index (χ3v) is 2.87. The monoisotopic (exact) mass is 279 g/mol. The lowest BCUT2D eigenvalue weighted by Crippen LogP contribution is -2.41. The number of carbonyl (C=O) groups is 2. The number of rotatable bonds is 5. The van der Waals surface area contributed by atoms with Crippen LogP contribution in [0.1, 0.15) is 39.7 Å². The normalized spacial score (nSPS) is 14.4. The highest BCUT2D eigenvalue weighted by atomic mass is 16.7. The maximum atomic E-state index is 11.9. The minimum atomic E-state index is -1.29. The van der Waals surface area contributed by atoms with Crippen LogP contribution in [0.3, 0.4) is 0 Å². The van der Waals surface area contributed by atoms with Gasteiger partial charge in [-0.25, -0.2) is 5.48 Å². The topological polar surface area (TPSA) is 75.6 Å². The summed E-state index contributed by atoms with van der Waals surface area (Å²) < 4.78 is 0. The number of amides is 1. The van der Waals surface area contributed by atoms with Gasteiger partial charge in [-0.1, -0.05) is 30.3 Å². The van der Waals surface area contributed by atoms with Gasteiger partial charge in [-0.2, -0.15) is 0 Å². The van der Waals surface area contributed by atoms with Crippen molar-refractivity contribution < 1.29 is 19.5 Å². The number of hydroxylamine groups is 1. The van der Waals surface area contributed by atoms with Crippen LogP contribution in [0.15, 0.2) is 30.3 Å². The number of hydrogen-bond donors (Lipinski definition) is 2. The quantitative estimate of drug-likeness (QED) is 0.811. The first-order valence-electron chi connectivity index (χ1n) is 6.41. The summed E-state index contributed by atoms with van der Waals surface area (Å²) in [5.74, 6) is -1.51. The first-order valence-corrected chi connectivity index (χ1v) is 6.41. The molecule has 1 aromatic rings. The smallest absolute Gasteiger partial charge is 0.314 e. The van der Waals surface area contributed by atoms with E-state index in [1.54, 1.807) is 51.1 Å². The highest BCUT2D eigenvalue weighted by Crippen LogP contribution is 2.28. The second-order valence-corrected chi connectivity index (χ2v) is 5.92. The Morgan fingerprint density at radius 2 is 1.70 bits per heavy atom. The van der Waals surface area contributed by atoms with Crippen LogP contribution >= 0.6 is 0 Å².